The summed E-state index contributed by atoms with van der Waals surface area (Å²) >= 11 is 7.74. The highest BCUT2D eigenvalue weighted by Crippen LogP contribution is 2.19. The average molecular weight is 262 g/mol. The van der Waals surface area contributed by atoms with Crippen LogP contribution in [-0.4, -0.2) is 6.21 Å². The average Bonchev–Trinajstić information content (AvgIpc) is 2.85. The molecule has 1 nitrogen and oxygen atoms in total. The molecule has 0 bridgehead atoms. The van der Waals surface area contributed by atoms with Gasteiger partial charge in [-0.2, -0.15) is 0 Å². The highest BCUT2D eigenvalue weighted by molar-refractivity contribution is 7.11. The molecule has 17 heavy (non-hydrogen) atoms. The SMILES string of the molecule is C/C(=C\N=Cc1ccccc1Cl)c1cccs1. The van der Waals surface area contributed by atoms with E-state index < -0.39 is 0 Å². The van der Waals surface area contributed by atoms with Gasteiger partial charge in [0.05, 0.1) is 0 Å². The zero-order valence-corrected chi connectivity index (χ0v) is 11.0. The number of thiophene rings is 1. The molecule has 0 N–H and O–H groups in total. The maximum absolute atomic E-state index is 6.03. The van der Waals surface area contributed by atoms with Crippen molar-refractivity contribution in [2.45, 2.75) is 6.92 Å². The number of hydrogen-bond acceptors (Lipinski definition) is 2. The fourth-order valence-electron chi connectivity index (χ4n) is 1.38. The summed E-state index contributed by atoms with van der Waals surface area (Å²) in [4.78, 5) is 5.53. The quantitative estimate of drug-likeness (QED) is 0.698. The van der Waals surface area contributed by atoms with Crippen LogP contribution in [0, 0.1) is 0 Å². The molecule has 0 aliphatic carbocycles. The first kappa shape index (κ1) is 12.1. The van der Waals surface area contributed by atoms with Crippen molar-refractivity contribution in [1.82, 2.24) is 0 Å². The molecule has 2 rings (SSSR count). The van der Waals surface area contributed by atoms with Crippen LogP contribution in [0.4, 0.5) is 0 Å². The minimum atomic E-state index is 0.721. The van der Waals surface area contributed by atoms with Crippen LogP contribution in [0.1, 0.15) is 17.4 Å². The van der Waals surface area contributed by atoms with Gasteiger partial charge in [-0.3, -0.25) is 4.99 Å². The highest BCUT2D eigenvalue weighted by atomic mass is 35.5. The Morgan fingerprint density at radius 1 is 1.24 bits per heavy atom. The molecule has 1 aromatic carbocycles. The lowest BCUT2D eigenvalue weighted by molar-refractivity contribution is 1.54. The van der Waals surface area contributed by atoms with E-state index in [-0.39, 0.29) is 0 Å². The normalized spacial score (nSPS) is 12.2. The van der Waals surface area contributed by atoms with Gasteiger partial charge in [-0.1, -0.05) is 35.9 Å². The Hall–Kier alpha value is -1.38. The lowest BCUT2D eigenvalue weighted by Crippen LogP contribution is -1.81. The van der Waals surface area contributed by atoms with Crippen molar-refractivity contribution in [3.8, 4) is 0 Å². The van der Waals surface area contributed by atoms with Gasteiger partial charge in [-0.05, 0) is 30.0 Å². The van der Waals surface area contributed by atoms with Gasteiger partial charge in [-0.15, -0.1) is 11.3 Å². The van der Waals surface area contributed by atoms with E-state index in [0.717, 1.165) is 16.2 Å². The van der Waals surface area contributed by atoms with E-state index in [2.05, 4.69) is 23.4 Å². The summed E-state index contributed by atoms with van der Waals surface area (Å²) in [6.07, 6.45) is 3.63. The molecule has 0 atom stereocenters. The molecule has 1 heterocycles. The third-order valence-corrected chi connectivity index (χ3v) is 3.65. The Morgan fingerprint density at radius 3 is 2.76 bits per heavy atom. The maximum atomic E-state index is 6.03. The minimum Gasteiger partial charge on any atom is -0.264 e. The molecule has 0 aliphatic rings. The summed E-state index contributed by atoms with van der Waals surface area (Å²) in [5, 5.41) is 2.78. The monoisotopic (exact) mass is 261 g/mol. The van der Waals surface area contributed by atoms with Crippen LogP contribution in [0.5, 0.6) is 0 Å². The number of rotatable bonds is 3. The van der Waals surface area contributed by atoms with E-state index in [1.54, 1.807) is 17.6 Å². The van der Waals surface area contributed by atoms with Gasteiger partial charge >= 0.3 is 0 Å². The Labute approximate surface area is 110 Å². The summed E-state index contributed by atoms with van der Waals surface area (Å²) in [7, 11) is 0. The second kappa shape index (κ2) is 5.80. The van der Waals surface area contributed by atoms with Gasteiger partial charge < -0.3 is 0 Å². The Morgan fingerprint density at radius 2 is 2.06 bits per heavy atom. The molecule has 0 saturated carbocycles. The summed E-state index contributed by atoms with van der Waals surface area (Å²) in [5.41, 5.74) is 2.09. The fraction of sp³-hybridized carbons (Fsp3) is 0.0714. The van der Waals surface area contributed by atoms with Gasteiger partial charge in [0.25, 0.3) is 0 Å². The maximum Gasteiger partial charge on any atom is 0.0493 e. The van der Waals surface area contributed by atoms with E-state index in [4.69, 9.17) is 11.6 Å². The van der Waals surface area contributed by atoms with Crippen molar-refractivity contribution in [1.29, 1.82) is 0 Å². The molecule has 2 aromatic rings. The molecule has 0 fully saturated rings. The molecule has 3 heteroatoms. The van der Waals surface area contributed by atoms with Gasteiger partial charge in [0, 0.05) is 27.9 Å². The van der Waals surface area contributed by atoms with E-state index in [0.29, 0.717) is 0 Å². The second-order valence-electron chi connectivity index (χ2n) is 3.59. The van der Waals surface area contributed by atoms with Crippen LogP contribution in [0.3, 0.4) is 0 Å². The zero-order chi connectivity index (χ0) is 12.1. The van der Waals surface area contributed by atoms with Crippen molar-refractivity contribution in [3.05, 3.63) is 63.4 Å². The zero-order valence-electron chi connectivity index (χ0n) is 9.43. The van der Waals surface area contributed by atoms with Crippen LogP contribution >= 0.6 is 22.9 Å². The topological polar surface area (TPSA) is 12.4 Å². The number of benzene rings is 1. The van der Waals surface area contributed by atoms with Gasteiger partial charge in [-0.25, -0.2) is 0 Å². The molecular weight excluding hydrogens is 250 g/mol. The molecule has 0 amide bonds. The first-order valence-electron chi connectivity index (χ1n) is 5.26. The first-order chi connectivity index (χ1) is 8.27. The standard InChI is InChI=1S/C14H12ClNS/c1-11(14-7-4-8-17-14)9-16-10-12-5-2-3-6-13(12)15/h2-10H,1H3/b11-9+,16-10?. The summed E-state index contributed by atoms with van der Waals surface area (Å²) in [6, 6.07) is 11.8. The van der Waals surface area contributed by atoms with Crippen LogP contribution in [0.2, 0.25) is 5.02 Å². The number of hydrogen-bond donors (Lipinski definition) is 0. The van der Waals surface area contributed by atoms with Crippen molar-refractivity contribution in [2.75, 3.05) is 0 Å². The largest absolute Gasteiger partial charge is 0.264 e. The van der Waals surface area contributed by atoms with E-state index >= 15 is 0 Å². The molecule has 0 unspecified atom stereocenters. The second-order valence-corrected chi connectivity index (χ2v) is 4.94. The number of aliphatic imine (C=N–C) groups is 1. The highest BCUT2D eigenvalue weighted by Gasteiger charge is 1.95. The smallest absolute Gasteiger partial charge is 0.0493 e. The predicted octanol–water partition coefficient (Wildman–Crippen LogP) is 4.88. The van der Waals surface area contributed by atoms with Crippen LogP contribution < -0.4 is 0 Å². The third-order valence-electron chi connectivity index (χ3n) is 2.30. The summed E-state index contributed by atoms with van der Waals surface area (Å²) < 4.78 is 0. The fourth-order valence-corrected chi connectivity index (χ4v) is 2.26. The third kappa shape index (κ3) is 3.29. The molecule has 0 saturated heterocycles. The van der Waals surface area contributed by atoms with Crippen LogP contribution in [0.25, 0.3) is 5.57 Å². The van der Waals surface area contributed by atoms with E-state index in [1.165, 1.54) is 4.88 Å². The van der Waals surface area contributed by atoms with Crippen molar-refractivity contribution in [3.63, 3.8) is 0 Å². The molecule has 0 radical (unpaired) electrons. The Kier molecular flexibility index (Phi) is 4.13. The molecule has 1 aromatic heterocycles. The predicted molar refractivity (Wildman–Crippen MR) is 77.0 cm³/mol. The number of nitrogens with zero attached hydrogens (tertiary/aromatic N) is 1. The van der Waals surface area contributed by atoms with E-state index in [1.807, 2.05) is 36.5 Å². The van der Waals surface area contributed by atoms with Crippen molar-refractivity contribution >= 4 is 34.7 Å². The van der Waals surface area contributed by atoms with Gasteiger partial charge in [0.2, 0.25) is 0 Å². The lowest BCUT2D eigenvalue weighted by Gasteiger charge is -1.95. The van der Waals surface area contributed by atoms with Gasteiger partial charge in [0.15, 0.2) is 0 Å². The van der Waals surface area contributed by atoms with Crippen molar-refractivity contribution < 1.29 is 0 Å². The Bertz CT molecular complexity index is 541. The minimum absolute atomic E-state index is 0.721. The van der Waals surface area contributed by atoms with Crippen LogP contribution in [0.15, 0.2) is 53.0 Å². The molecule has 86 valence electrons. The van der Waals surface area contributed by atoms with Crippen molar-refractivity contribution in [2.24, 2.45) is 4.99 Å². The van der Waals surface area contributed by atoms with E-state index in [9.17, 15) is 0 Å². The first-order valence-corrected chi connectivity index (χ1v) is 6.51. The number of allylic oxidation sites excluding steroid dienone is 1. The molecule has 0 aliphatic heterocycles. The summed E-state index contributed by atoms with van der Waals surface area (Å²) in [6.45, 7) is 2.05. The Balaban J connectivity index is 2.13. The lowest BCUT2D eigenvalue weighted by atomic mass is 10.2. The molecular formula is C14H12ClNS. The number of halogens is 1. The summed E-state index contributed by atoms with van der Waals surface area (Å²) in [5.74, 6) is 0. The van der Waals surface area contributed by atoms with Gasteiger partial charge in [0.1, 0.15) is 0 Å². The molecule has 0 spiro atoms. The van der Waals surface area contributed by atoms with Crippen LogP contribution in [-0.2, 0) is 0 Å².